The Hall–Kier alpha value is -0.990. The number of hydrogen-bond donors (Lipinski definition) is 0. The molecule has 0 radical (unpaired) electrons. The van der Waals surface area contributed by atoms with E-state index in [4.69, 9.17) is 4.74 Å². The van der Waals surface area contributed by atoms with Crippen LogP contribution in [0.15, 0.2) is 12.3 Å². The van der Waals surface area contributed by atoms with E-state index in [2.05, 4.69) is 0 Å². The molecule has 0 atom stereocenters. The third kappa shape index (κ3) is 1.29. The monoisotopic (exact) mass is 141 g/mol. The second kappa shape index (κ2) is 2.73. The maximum absolute atomic E-state index is 11.0. The number of ether oxygens (including phenoxy) is 1. The molecule has 0 aromatic carbocycles. The molecule has 1 aliphatic heterocycles. The molecule has 0 aliphatic carbocycles. The lowest BCUT2D eigenvalue weighted by Crippen LogP contribution is -2.39. The molecule has 0 aromatic heterocycles. The molecule has 0 N–H and O–H groups in total. The van der Waals surface area contributed by atoms with Crippen molar-refractivity contribution in [3.63, 3.8) is 0 Å². The van der Waals surface area contributed by atoms with E-state index < -0.39 is 0 Å². The van der Waals surface area contributed by atoms with E-state index in [1.54, 1.807) is 4.90 Å². The summed E-state index contributed by atoms with van der Waals surface area (Å²) in [5, 5.41) is 0. The minimum atomic E-state index is 0.0289. The highest BCUT2D eigenvalue weighted by atomic mass is 16.5. The van der Waals surface area contributed by atoms with Crippen LogP contribution < -0.4 is 0 Å². The van der Waals surface area contributed by atoms with Gasteiger partial charge in [0.2, 0.25) is 0 Å². The molecule has 0 saturated carbocycles. The summed E-state index contributed by atoms with van der Waals surface area (Å²) in [6, 6.07) is 0.220. The Balaban J connectivity index is 2.61. The van der Waals surface area contributed by atoms with Gasteiger partial charge in [0, 0.05) is 12.1 Å². The summed E-state index contributed by atoms with van der Waals surface area (Å²) >= 11 is 0. The van der Waals surface area contributed by atoms with Crippen molar-refractivity contribution in [2.75, 3.05) is 6.73 Å². The topological polar surface area (TPSA) is 29.5 Å². The fraction of sp³-hybridized carbons (Fsp3) is 0.571. The highest BCUT2D eigenvalue weighted by Gasteiger charge is 2.16. The van der Waals surface area contributed by atoms with Gasteiger partial charge in [0.15, 0.2) is 6.73 Å². The molecule has 1 amide bonds. The molecular formula is C7H11NO2. The predicted molar refractivity (Wildman–Crippen MR) is 37.1 cm³/mol. The van der Waals surface area contributed by atoms with Crippen molar-refractivity contribution in [2.24, 2.45) is 0 Å². The zero-order valence-electron chi connectivity index (χ0n) is 6.20. The molecule has 10 heavy (non-hydrogen) atoms. The van der Waals surface area contributed by atoms with Gasteiger partial charge in [-0.15, -0.1) is 0 Å². The van der Waals surface area contributed by atoms with Crippen molar-refractivity contribution >= 4 is 5.91 Å². The summed E-state index contributed by atoms with van der Waals surface area (Å²) in [4.78, 5) is 12.6. The van der Waals surface area contributed by atoms with E-state index in [0.717, 1.165) is 0 Å². The van der Waals surface area contributed by atoms with Crippen molar-refractivity contribution in [1.29, 1.82) is 0 Å². The van der Waals surface area contributed by atoms with Crippen LogP contribution >= 0.6 is 0 Å². The first kappa shape index (κ1) is 7.12. The number of amides is 1. The van der Waals surface area contributed by atoms with Crippen molar-refractivity contribution in [3.8, 4) is 0 Å². The third-order valence-electron chi connectivity index (χ3n) is 1.43. The molecule has 3 nitrogen and oxygen atoms in total. The van der Waals surface area contributed by atoms with Gasteiger partial charge in [-0.2, -0.15) is 0 Å². The molecule has 0 aromatic rings. The molecule has 1 rings (SSSR count). The average molecular weight is 141 g/mol. The first-order valence-corrected chi connectivity index (χ1v) is 3.30. The van der Waals surface area contributed by atoms with Crippen LogP contribution in [0.2, 0.25) is 0 Å². The molecule has 3 heteroatoms. The Bertz CT molecular complexity index is 163. The molecule has 1 heterocycles. The van der Waals surface area contributed by atoms with Crippen molar-refractivity contribution in [3.05, 3.63) is 12.3 Å². The van der Waals surface area contributed by atoms with Gasteiger partial charge in [-0.3, -0.25) is 4.79 Å². The molecule has 1 aliphatic rings. The fourth-order valence-corrected chi connectivity index (χ4v) is 0.793. The van der Waals surface area contributed by atoms with Crippen LogP contribution in [0.3, 0.4) is 0 Å². The Morgan fingerprint density at radius 1 is 1.70 bits per heavy atom. The first-order chi connectivity index (χ1) is 4.72. The second-order valence-corrected chi connectivity index (χ2v) is 2.50. The molecule has 56 valence electrons. The van der Waals surface area contributed by atoms with Crippen LogP contribution in [-0.4, -0.2) is 23.6 Å². The smallest absolute Gasteiger partial charge is 0.252 e. The van der Waals surface area contributed by atoms with Crippen molar-refractivity contribution < 1.29 is 9.53 Å². The van der Waals surface area contributed by atoms with Crippen LogP contribution in [0, 0.1) is 0 Å². The Kier molecular flexibility index (Phi) is 1.94. The standard InChI is InChI=1S/C7H11NO2/c1-6(2)8-5-10-4-3-7(8)9/h3-4,6H,5H2,1-2H3. The van der Waals surface area contributed by atoms with Crippen molar-refractivity contribution in [1.82, 2.24) is 4.90 Å². The summed E-state index contributed by atoms with van der Waals surface area (Å²) in [6.45, 7) is 4.30. The largest absolute Gasteiger partial charge is 0.480 e. The molecule has 0 bridgehead atoms. The van der Waals surface area contributed by atoms with Gasteiger partial charge in [-0.1, -0.05) is 0 Å². The average Bonchev–Trinajstić information content (AvgIpc) is 1.88. The van der Waals surface area contributed by atoms with Gasteiger partial charge in [-0.25, -0.2) is 0 Å². The third-order valence-corrected chi connectivity index (χ3v) is 1.43. The highest BCUT2D eigenvalue weighted by Crippen LogP contribution is 2.04. The van der Waals surface area contributed by atoms with E-state index >= 15 is 0 Å². The number of rotatable bonds is 1. The van der Waals surface area contributed by atoms with Crippen LogP contribution in [0.5, 0.6) is 0 Å². The maximum Gasteiger partial charge on any atom is 0.252 e. The van der Waals surface area contributed by atoms with Gasteiger partial charge >= 0.3 is 0 Å². The zero-order valence-corrected chi connectivity index (χ0v) is 6.20. The van der Waals surface area contributed by atoms with Crippen LogP contribution in [0.25, 0.3) is 0 Å². The van der Waals surface area contributed by atoms with Crippen LogP contribution in [0.1, 0.15) is 13.8 Å². The lowest BCUT2D eigenvalue weighted by atomic mass is 10.3. The van der Waals surface area contributed by atoms with E-state index in [0.29, 0.717) is 6.73 Å². The number of carbonyl (C=O) groups excluding carboxylic acids is 1. The molecule has 0 spiro atoms. The second-order valence-electron chi connectivity index (χ2n) is 2.50. The number of hydrogen-bond acceptors (Lipinski definition) is 2. The minimum Gasteiger partial charge on any atom is -0.480 e. The quantitative estimate of drug-likeness (QED) is 0.538. The summed E-state index contributed by atoms with van der Waals surface area (Å²) in [7, 11) is 0. The van der Waals surface area contributed by atoms with Crippen LogP contribution in [0.4, 0.5) is 0 Å². The summed E-state index contributed by atoms with van der Waals surface area (Å²) in [6.07, 6.45) is 2.87. The van der Waals surface area contributed by atoms with E-state index in [9.17, 15) is 4.79 Å². The van der Waals surface area contributed by atoms with Gasteiger partial charge in [-0.05, 0) is 13.8 Å². The Morgan fingerprint density at radius 3 is 2.80 bits per heavy atom. The summed E-state index contributed by atoms with van der Waals surface area (Å²) in [5.41, 5.74) is 0. The zero-order chi connectivity index (χ0) is 7.56. The van der Waals surface area contributed by atoms with Gasteiger partial charge < -0.3 is 9.64 Å². The van der Waals surface area contributed by atoms with E-state index in [-0.39, 0.29) is 11.9 Å². The molecular weight excluding hydrogens is 130 g/mol. The Labute approximate surface area is 60.3 Å². The molecule has 0 unspecified atom stereocenters. The summed E-state index contributed by atoms with van der Waals surface area (Å²) in [5.74, 6) is 0.0289. The van der Waals surface area contributed by atoms with E-state index in [1.807, 2.05) is 13.8 Å². The molecule has 0 fully saturated rings. The first-order valence-electron chi connectivity index (χ1n) is 3.30. The lowest BCUT2D eigenvalue weighted by molar-refractivity contribution is -0.134. The molecule has 0 saturated heterocycles. The minimum absolute atomic E-state index is 0.0289. The number of nitrogens with zero attached hydrogens (tertiary/aromatic N) is 1. The fourth-order valence-electron chi connectivity index (χ4n) is 0.793. The lowest BCUT2D eigenvalue weighted by Gasteiger charge is -2.26. The Morgan fingerprint density at radius 2 is 2.40 bits per heavy atom. The normalized spacial score (nSPS) is 17.9. The van der Waals surface area contributed by atoms with Gasteiger partial charge in [0.1, 0.15) is 0 Å². The SMILES string of the molecule is CC(C)N1COC=CC1=O. The predicted octanol–water partition coefficient (Wildman–Crippen LogP) is 0.725. The van der Waals surface area contributed by atoms with E-state index in [1.165, 1.54) is 12.3 Å². The maximum atomic E-state index is 11.0. The van der Waals surface area contributed by atoms with Crippen molar-refractivity contribution in [2.45, 2.75) is 19.9 Å². The van der Waals surface area contributed by atoms with Gasteiger partial charge in [0.05, 0.1) is 6.26 Å². The highest BCUT2D eigenvalue weighted by molar-refractivity contribution is 5.87. The van der Waals surface area contributed by atoms with Gasteiger partial charge in [0.25, 0.3) is 5.91 Å². The number of carbonyl (C=O) groups is 1. The van der Waals surface area contributed by atoms with Crippen LogP contribution in [-0.2, 0) is 9.53 Å². The summed E-state index contributed by atoms with van der Waals surface area (Å²) < 4.78 is 4.94.